The number of aromatic nitrogens is 2. The first-order valence-electron chi connectivity index (χ1n) is 6.84. The van der Waals surface area contributed by atoms with E-state index in [0.29, 0.717) is 25.2 Å². The number of nitrogens with zero attached hydrogens (tertiary/aromatic N) is 2. The number of hydrogen-bond acceptors (Lipinski definition) is 3. The van der Waals surface area contributed by atoms with Crippen LogP contribution in [0.25, 0.3) is 11.3 Å². The van der Waals surface area contributed by atoms with E-state index in [2.05, 4.69) is 4.98 Å². The van der Waals surface area contributed by atoms with Crippen LogP contribution in [0.4, 0.5) is 4.39 Å². The minimum Gasteiger partial charge on any atom is -0.393 e. The maximum absolute atomic E-state index is 14.1. The van der Waals surface area contributed by atoms with Crippen LogP contribution in [0.5, 0.6) is 0 Å². The van der Waals surface area contributed by atoms with Gasteiger partial charge in [-0.15, -0.1) is 0 Å². The highest BCUT2D eigenvalue weighted by atomic mass is 19.1. The van der Waals surface area contributed by atoms with Crippen LogP contribution in [0.1, 0.15) is 18.0 Å². The molecule has 1 N–H and O–H groups in total. The number of aliphatic hydroxyl groups is 1. The summed E-state index contributed by atoms with van der Waals surface area (Å²) in [6.45, 7) is 1.07. The van der Waals surface area contributed by atoms with Crippen molar-refractivity contribution in [1.82, 2.24) is 9.55 Å². The number of aliphatic hydroxyl groups excluding tert-OH is 1. The molecule has 0 bridgehead atoms. The summed E-state index contributed by atoms with van der Waals surface area (Å²) < 4.78 is 21.6. The summed E-state index contributed by atoms with van der Waals surface area (Å²) in [7, 11) is 0. The van der Waals surface area contributed by atoms with Crippen molar-refractivity contribution in [2.75, 3.05) is 13.2 Å². The molecule has 0 radical (unpaired) electrons. The molecule has 1 aromatic heterocycles. The molecule has 1 aromatic carbocycles. The number of benzene rings is 1. The highest BCUT2D eigenvalue weighted by Crippen LogP contribution is 2.45. The molecule has 0 aliphatic carbocycles. The van der Waals surface area contributed by atoms with Crippen LogP contribution in [-0.4, -0.2) is 34.0 Å². The molecular formula is C15H15FN2O2. The minimum atomic E-state index is -0.432. The maximum atomic E-state index is 14.1. The van der Waals surface area contributed by atoms with Gasteiger partial charge in [0.15, 0.2) is 0 Å². The summed E-state index contributed by atoms with van der Waals surface area (Å²) in [6.07, 6.45) is 3.58. The number of hydrogen-bond donors (Lipinski definition) is 1. The molecule has 1 saturated heterocycles. The van der Waals surface area contributed by atoms with E-state index in [1.165, 1.54) is 6.07 Å². The molecule has 2 aromatic rings. The highest BCUT2D eigenvalue weighted by molar-refractivity contribution is 5.69. The SMILES string of the molecule is O[C@@H]1CCOC[C@H]1[C@@H]1c2cccc(F)c2-c2cncn21. The first-order valence-corrected chi connectivity index (χ1v) is 6.84. The Bertz CT molecular complexity index is 655. The van der Waals surface area contributed by atoms with Crippen molar-refractivity contribution in [2.24, 2.45) is 5.92 Å². The second kappa shape index (κ2) is 4.40. The van der Waals surface area contributed by atoms with Crippen LogP contribution in [0.3, 0.4) is 0 Å². The summed E-state index contributed by atoms with van der Waals surface area (Å²) in [5, 5.41) is 10.3. The Balaban J connectivity index is 1.87. The number of halogens is 1. The summed E-state index contributed by atoms with van der Waals surface area (Å²) >= 11 is 0. The monoisotopic (exact) mass is 274 g/mol. The molecule has 5 heteroatoms. The van der Waals surface area contributed by atoms with Crippen LogP contribution in [0, 0.1) is 11.7 Å². The van der Waals surface area contributed by atoms with Crippen molar-refractivity contribution >= 4 is 0 Å². The van der Waals surface area contributed by atoms with E-state index >= 15 is 0 Å². The van der Waals surface area contributed by atoms with E-state index in [1.807, 2.05) is 10.6 Å². The van der Waals surface area contributed by atoms with E-state index in [0.717, 1.165) is 11.3 Å². The van der Waals surface area contributed by atoms with E-state index in [1.54, 1.807) is 18.6 Å². The van der Waals surface area contributed by atoms with Crippen molar-refractivity contribution in [1.29, 1.82) is 0 Å². The summed E-state index contributed by atoms with van der Waals surface area (Å²) in [5.41, 5.74) is 2.30. The lowest BCUT2D eigenvalue weighted by molar-refractivity contribution is -0.0481. The number of fused-ring (bicyclic) bond motifs is 3. The fourth-order valence-electron chi connectivity index (χ4n) is 3.41. The largest absolute Gasteiger partial charge is 0.393 e. The number of ether oxygens (including phenoxy) is 1. The topological polar surface area (TPSA) is 47.3 Å². The van der Waals surface area contributed by atoms with Crippen molar-refractivity contribution in [3.05, 3.63) is 42.1 Å². The van der Waals surface area contributed by atoms with Gasteiger partial charge in [0.05, 0.1) is 37.0 Å². The summed E-state index contributed by atoms with van der Waals surface area (Å²) in [5.74, 6) is -0.308. The third-order valence-corrected chi connectivity index (χ3v) is 4.35. The van der Waals surface area contributed by atoms with E-state index < -0.39 is 6.10 Å². The first-order chi connectivity index (χ1) is 9.77. The van der Waals surface area contributed by atoms with Gasteiger partial charge in [-0.1, -0.05) is 12.1 Å². The van der Waals surface area contributed by atoms with Gasteiger partial charge >= 0.3 is 0 Å². The second-order valence-electron chi connectivity index (χ2n) is 5.43. The van der Waals surface area contributed by atoms with Gasteiger partial charge in [-0.2, -0.15) is 0 Å². The third-order valence-electron chi connectivity index (χ3n) is 4.35. The maximum Gasteiger partial charge on any atom is 0.132 e. The average Bonchev–Trinajstić information content (AvgIpc) is 3.00. The number of imidazole rings is 1. The Hall–Kier alpha value is -1.72. The van der Waals surface area contributed by atoms with Gasteiger partial charge in [0.25, 0.3) is 0 Å². The summed E-state index contributed by atoms with van der Waals surface area (Å²) in [6, 6.07) is 5.01. The molecule has 0 saturated carbocycles. The smallest absolute Gasteiger partial charge is 0.132 e. The Morgan fingerprint density at radius 1 is 1.40 bits per heavy atom. The first kappa shape index (κ1) is 12.1. The van der Waals surface area contributed by atoms with Gasteiger partial charge in [-0.05, 0) is 18.1 Å². The summed E-state index contributed by atoms with van der Waals surface area (Å²) in [4.78, 5) is 4.13. The third kappa shape index (κ3) is 1.57. The fourth-order valence-corrected chi connectivity index (χ4v) is 3.41. The predicted molar refractivity (Wildman–Crippen MR) is 70.7 cm³/mol. The standard InChI is InChI=1S/C15H15FN2O2/c16-11-3-1-2-9-14(11)12-6-17-8-18(12)15(9)10-7-20-5-4-13(10)19/h1-3,6,8,10,13,15,19H,4-5,7H2/t10-,13-,15+/m1/s1. The van der Waals surface area contributed by atoms with Crippen molar-refractivity contribution < 1.29 is 14.2 Å². The number of rotatable bonds is 1. The van der Waals surface area contributed by atoms with Crippen molar-refractivity contribution in [2.45, 2.75) is 18.6 Å². The van der Waals surface area contributed by atoms with Gasteiger partial charge < -0.3 is 14.4 Å². The molecule has 20 heavy (non-hydrogen) atoms. The quantitative estimate of drug-likeness (QED) is 0.865. The van der Waals surface area contributed by atoms with Gasteiger partial charge in [-0.3, -0.25) is 0 Å². The molecule has 0 unspecified atom stereocenters. The van der Waals surface area contributed by atoms with Crippen LogP contribution in [-0.2, 0) is 4.74 Å². The molecular weight excluding hydrogens is 259 g/mol. The molecule has 4 rings (SSSR count). The normalized spacial score (nSPS) is 28.2. The van der Waals surface area contributed by atoms with Gasteiger partial charge in [0.2, 0.25) is 0 Å². The van der Waals surface area contributed by atoms with Crippen LogP contribution in [0.2, 0.25) is 0 Å². The zero-order valence-electron chi connectivity index (χ0n) is 10.9. The second-order valence-corrected chi connectivity index (χ2v) is 5.43. The molecule has 4 nitrogen and oxygen atoms in total. The van der Waals surface area contributed by atoms with E-state index in [9.17, 15) is 9.50 Å². The van der Waals surface area contributed by atoms with Gasteiger partial charge in [0, 0.05) is 18.1 Å². The van der Waals surface area contributed by atoms with E-state index in [4.69, 9.17) is 4.74 Å². The predicted octanol–water partition coefficient (Wildman–Crippen LogP) is 1.99. The Labute approximate surface area is 115 Å². The highest BCUT2D eigenvalue weighted by Gasteiger charge is 2.40. The van der Waals surface area contributed by atoms with Gasteiger partial charge in [-0.25, -0.2) is 9.37 Å². The van der Waals surface area contributed by atoms with Crippen molar-refractivity contribution in [3.63, 3.8) is 0 Å². The van der Waals surface area contributed by atoms with Crippen LogP contribution in [0.15, 0.2) is 30.7 Å². The van der Waals surface area contributed by atoms with Gasteiger partial charge in [0.1, 0.15) is 5.82 Å². The Morgan fingerprint density at radius 3 is 3.15 bits per heavy atom. The zero-order chi connectivity index (χ0) is 13.7. The Kier molecular flexibility index (Phi) is 2.65. The molecule has 104 valence electrons. The Morgan fingerprint density at radius 2 is 2.30 bits per heavy atom. The lowest BCUT2D eigenvalue weighted by Crippen LogP contribution is -2.37. The lowest BCUT2D eigenvalue weighted by Gasteiger charge is -2.33. The molecule has 3 heterocycles. The molecule has 3 atom stereocenters. The molecule has 2 aliphatic heterocycles. The molecule has 2 aliphatic rings. The zero-order valence-corrected chi connectivity index (χ0v) is 10.9. The molecule has 1 fully saturated rings. The molecule has 0 spiro atoms. The minimum absolute atomic E-state index is 0.0697. The van der Waals surface area contributed by atoms with Crippen LogP contribution < -0.4 is 0 Å². The van der Waals surface area contributed by atoms with Crippen LogP contribution >= 0.6 is 0 Å². The fraction of sp³-hybridized carbons (Fsp3) is 0.400. The average molecular weight is 274 g/mol. The van der Waals surface area contributed by atoms with E-state index in [-0.39, 0.29) is 17.8 Å². The lowest BCUT2D eigenvalue weighted by atomic mass is 9.86. The van der Waals surface area contributed by atoms with Crippen molar-refractivity contribution in [3.8, 4) is 11.3 Å². The molecule has 0 amide bonds.